The Bertz CT molecular complexity index is 81.7. The van der Waals surface area contributed by atoms with Crippen molar-refractivity contribution < 1.29 is 4.74 Å². The van der Waals surface area contributed by atoms with Gasteiger partial charge in [0.15, 0.2) is 0 Å². The van der Waals surface area contributed by atoms with Crippen LogP contribution in [0.15, 0.2) is 0 Å². The molecule has 0 aromatic rings. The van der Waals surface area contributed by atoms with Gasteiger partial charge in [0.05, 0.1) is 13.2 Å². The fourth-order valence-electron chi connectivity index (χ4n) is 1.35. The van der Waals surface area contributed by atoms with E-state index in [0.29, 0.717) is 12.1 Å². The van der Waals surface area contributed by atoms with Crippen molar-refractivity contribution >= 4 is 0 Å². The van der Waals surface area contributed by atoms with Crippen molar-refractivity contribution in [3.63, 3.8) is 0 Å². The van der Waals surface area contributed by atoms with E-state index in [1.54, 1.807) is 0 Å². The molecule has 3 rings (SSSR count). The summed E-state index contributed by atoms with van der Waals surface area (Å²) in [7, 11) is 0. The van der Waals surface area contributed by atoms with E-state index in [4.69, 9.17) is 4.74 Å². The van der Waals surface area contributed by atoms with E-state index in [9.17, 15) is 0 Å². The molecule has 2 unspecified atom stereocenters. The average Bonchev–Trinajstić information content (AvgIpc) is 2.21. The lowest BCUT2D eigenvalue weighted by Gasteiger charge is -2.24. The van der Waals surface area contributed by atoms with Gasteiger partial charge < -0.3 is 15.4 Å². The Balaban J connectivity index is 2.03. The van der Waals surface area contributed by atoms with Crippen molar-refractivity contribution in [3.8, 4) is 0 Å². The lowest BCUT2D eigenvalue weighted by atomic mass is 10.2. The van der Waals surface area contributed by atoms with Crippen LogP contribution in [0.25, 0.3) is 0 Å². The molecule has 2 bridgehead atoms. The fraction of sp³-hybridized carbons (Fsp3) is 1.00. The number of nitrogens with one attached hydrogen (secondary N) is 2. The summed E-state index contributed by atoms with van der Waals surface area (Å²) in [5.74, 6) is 0. The number of ether oxygens (including phenoxy) is 1. The molecule has 2 atom stereocenters. The van der Waals surface area contributed by atoms with Gasteiger partial charge in [-0.15, -0.1) is 0 Å². The number of rotatable bonds is 0. The number of hydrogen-bond acceptors (Lipinski definition) is 3. The van der Waals surface area contributed by atoms with Gasteiger partial charge in [0.25, 0.3) is 0 Å². The van der Waals surface area contributed by atoms with Gasteiger partial charge in [0.2, 0.25) is 0 Å². The van der Waals surface area contributed by atoms with E-state index < -0.39 is 0 Å². The van der Waals surface area contributed by atoms with Gasteiger partial charge in [-0.25, -0.2) is 0 Å². The summed E-state index contributed by atoms with van der Waals surface area (Å²) < 4.78 is 5.36. The zero-order valence-electron chi connectivity index (χ0n) is 5.39. The monoisotopic (exact) mass is 128 g/mol. The van der Waals surface area contributed by atoms with Gasteiger partial charge in [-0.05, 0) is 0 Å². The molecule has 0 spiro atoms. The van der Waals surface area contributed by atoms with Gasteiger partial charge in [-0.3, -0.25) is 0 Å². The van der Waals surface area contributed by atoms with Crippen LogP contribution in [0.4, 0.5) is 0 Å². The molecular weight excluding hydrogens is 116 g/mol. The molecule has 0 amide bonds. The minimum absolute atomic E-state index is 0.559. The molecule has 2 N–H and O–H groups in total. The second-order valence-electron chi connectivity index (χ2n) is 2.75. The van der Waals surface area contributed by atoms with Gasteiger partial charge in [0.1, 0.15) is 0 Å². The van der Waals surface area contributed by atoms with E-state index >= 15 is 0 Å². The first-order chi connectivity index (χ1) is 4.45. The third-order valence-corrected chi connectivity index (χ3v) is 1.94. The molecular formula is C6H12N2O. The highest BCUT2D eigenvalue weighted by atomic mass is 16.5. The zero-order valence-corrected chi connectivity index (χ0v) is 5.39. The van der Waals surface area contributed by atoms with E-state index in [2.05, 4.69) is 10.6 Å². The Kier molecular flexibility index (Phi) is 1.41. The topological polar surface area (TPSA) is 33.3 Å². The summed E-state index contributed by atoms with van der Waals surface area (Å²) in [4.78, 5) is 0. The second-order valence-corrected chi connectivity index (χ2v) is 2.75. The minimum Gasteiger partial charge on any atom is -0.378 e. The van der Waals surface area contributed by atoms with Crippen LogP contribution < -0.4 is 10.6 Å². The van der Waals surface area contributed by atoms with Crippen LogP contribution in [0.1, 0.15) is 0 Å². The van der Waals surface area contributed by atoms with E-state index in [1.165, 1.54) is 0 Å². The Morgan fingerprint density at radius 2 is 1.56 bits per heavy atom. The molecule has 0 aromatic heterocycles. The number of fused-ring (bicyclic) bond motifs is 4. The lowest BCUT2D eigenvalue weighted by Crippen LogP contribution is -2.53. The molecule has 0 aliphatic carbocycles. The van der Waals surface area contributed by atoms with Crippen LogP contribution in [0.3, 0.4) is 0 Å². The Morgan fingerprint density at radius 3 is 2.00 bits per heavy atom. The van der Waals surface area contributed by atoms with Crippen molar-refractivity contribution in [3.05, 3.63) is 0 Å². The molecule has 3 heteroatoms. The molecule has 3 heterocycles. The van der Waals surface area contributed by atoms with Crippen LogP contribution in [-0.2, 0) is 4.74 Å². The Hall–Kier alpha value is -0.120. The van der Waals surface area contributed by atoms with Crippen molar-refractivity contribution in [2.75, 3.05) is 26.3 Å². The molecule has 52 valence electrons. The predicted octanol–water partition coefficient (Wildman–Crippen LogP) is -1.05. The largest absolute Gasteiger partial charge is 0.378 e. The molecule has 3 fully saturated rings. The molecule has 3 aliphatic heterocycles. The minimum atomic E-state index is 0.559. The summed E-state index contributed by atoms with van der Waals surface area (Å²) in [5, 5.41) is 6.79. The fourth-order valence-corrected chi connectivity index (χ4v) is 1.35. The summed E-state index contributed by atoms with van der Waals surface area (Å²) in [6.07, 6.45) is 0. The molecule has 0 radical (unpaired) electrons. The van der Waals surface area contributed by atoms with Crippen molar-refractivity contribution in [1.82, 2.24) is 10.6 Å². The third kappa shape index (κ3) is 1.08. The molecule has 3 saturated heterocycles. The van der Waals surface area contributed by atoms with Gasteiger partial charge in [0, 0.05) is 25.2 Å². The summed E-state index contributed by atoms with van der Waals surface area (Å²) in [6.45, 7) is 3.91. The second kappa shape index (κ2) is 2.25. The van der Waals surface area contributed by atoms with Crippen molar-refractivity contribution in [1.29, 1.82) is 0 Å². The lowest BCUT2D eigenvalue weighted by molar-refractivity contribution is 0.138. The Morgan fingerprint density at radius 1 is 1.00 bits per heavy atom. The van der Waals surface area contributed by atoms with Crippen LogP contribution in [-0.4, -0.2) is 38.4 Å². The zero-order chi connectivity index (χ0) is 6.10. The smallest absolute Gasteiger partial charge is 0.0632 e. The maximum atomic E-state index is 5.36. The highest BCUT2D eigenvalue weighted by Crippen LogP contribution is 2.00. The predicted molar refractivity (Wildman–Crippen MR) is 34.4 cm³/mol. The van der Waals surface area contributed by atoms with E-state index in [0.717, 1.165) is 26.3 Å². The first-order valence-corrected chi connectivity index (χ1v) is 3.49. The average molecular weight is 128 g/mol. The van der Waals surface area contributed by atoms with Crippen LogP contribution in [0.2, 0.25) is 0 Å². The molecule has 0 aromatic carbocycles. The SMILES string of the molecule is C1NC2CNC1COC2. The molecule has 9 heavy (non-hydrogen) atoms. The standard InChI is InChI=1S/C6H12N2O/c1-5-3-9-4-6(7-1)2-8-5/h5-8H,1-4H2. The maximum Gasteiger partial charge on any atom is 0.0632 e. The highest BCUT2D eigenvalue weighted by molar-refractivity contribution is 4.85. The Labute approximate surface area is 54.8 Å². The first kappa shape index (κ1) is 5.65. The number of piperazine rings is 1. The van der Waals surface area contributed by atoms with Gasteiger partial charge >= 0.3 is 0 Å². The molecule has 3 nitrogen and oxygen atoms in total. The first-order valence-electron chi connectivity index (χ1n) is 3.49. The summed E-state index contributed by atoms with van der Waals surface area (Å²) >= 11 is 0. The molecule has 3 aliphatic rings. The normalized spacial score (nSPS) is 42.7. The summed E-state index contributed by atoms with van der Waals surface area (Å²) in [6, 6.07) is 1.12. The summed E-state index contributed by atoms with van der Waals surface area (Å²) in [5.41, 5.74) is 0. The highest BCUT2D eigenvalue weighted by Gasteiger charge is 2.23. The van der Waals surface area contributed by atoms with Crippen LogP contribution in [0.5, 0.6) is 0 Å². The van der Waals surface area contributed by atoms with Crippen molar-refractivity contribution in [2.45, 2.75) is 12.1 Å². The van der Waals surface area contributed by atoms with Crippen molar-refractivity contribution in [2.24, 2.45) is 0 Å². The molecule has 0 saturated carbocycles. The maximum absolute atomic E-state index is 5.36. The van der Waals surface area contributed by atoms with E-state index in [1.807, 2.05) is 0 Å². The van der Waals surface area contributed by atoms with Gasteiger partial charge in [-0.2, -0.15) is 0 Å². The van der Waals surface area contributed by atoms with E-state index in [-0.39, 0.29) is 0 Å². The number of hydrogen-bond donors (Lipinski definition) is 2. The van der Waals surface area contributed by atoms with Crippen LogP contribution >= 0.6 is 0 Å². The quantitative estimate of drug-likeness (QED) is 0.436. The van der Waals surface area contributed by atoms with Gasteiger partial charge in [-0.1, -0.05) is 0 Å². The third-order valence-electron chi connectivity index (χ3n) is 1.94. The van der Waals surface area contributed by atoms with Crippen LogP contribution in [0, 0.1) is 0 Å².